The number of nitrogens with zero attached hydrogens (tertiary/aromatic N) is 3. The van der Waals surface area contributed by atoms with Crippen LogP contribution in [0.5, 0.6) is 5.75 Å². The van der Waals surface area contributed by atoms with Gasteiger partial charge in [-0.25, -0.2) is 27.6 Å². The molecule has 19 heteroatoms. The van der Waals surface area contributed by atoms with Crippen molar-refractivity contribution < 1.29 is 46.6 Å². The first kappa shape index (κ1) is 40.6. The van der Waals surface area contributed by atoms with E-state index in [0.29, 0.717) is 57.4 Å². The molecule has 3 amide bonds. The third kappa shape index (κ3) is 6.73. The summed E-state index contributed by atoms with van der Waals surface area (Å²) in [6, 6.07) is 5.57. The molecule has 9 rings (SSSR count). The van der Waals surface area contributed by atoms with Crippen LogP contribution in [0.1, 0.15) is 74.8 Å². The lowest BCUT2D eigenvalue weighted by Gasteiger charge is -2.31. The first-order valence-electron chi connectivity index (χ1n) is 20.0. The lowest BCUT2D eigenvalue weighted by Crippen LogP contribution is -2.54. The van der Waals surface area contributed by atoms with Gasteiger partial charge in [-0.05, 0) is 61.4 Å². The van der Waals surface area contributed by atoms with E-state index in [0.717, 1.165) is 23.0 Å². The molecule has 1 aliphatic carbocycles. The molecular formula is C42H41FN6O10S2. The number of ether oxygens (including phenoxy) is 2. The topological polar surface area (TPSA) is 225 Å². The molecule has 0 bridgehead atoms. The summed E-state index contributed by atoms with van der Waals surface area (Å²) in [7, 11) is -3.46. The number of hydrogen-bond donors (Lipinski definition) is 4. The minimum Gasteiger partial charge on any atom is -0.490 e. The van der Waals surface area contributed by atoms with Crippen molar-refractivity contribution in [1.82, 2.24) is 25.2 Å². The molecule has 3 aromatic heterocycles. The third-order valence-corrected chi connectivity index (χ3v) is 15.6. The van der Waals surface area contributed by atoms with Gasteiger partial charge in [0.15, 0.2) is 17.2 Å². The molecule has 61 heavy (non-hydrogen) atoms. The van der Waals surface area contributed by atoms with Gasteiger partial charge in [-0.1, -0.05) is 26.8 Å². The highest BCUT2D eigenvalue weighted by Crippen LogP contribution is 2.46. The van der Waals surface area contributed by atoms with E-state index in [1.54, 1.807) is 45.0 Å². The number of cyclic esters (lactones) is 1. The number of anilines is 1. The van der Waals surface area contributed by atoms with Gasteiger partial charge in [0.2, 0.25) is 31.9 Å². The fourth-order valence-electron chi connectivity index (χ4n) is 8.31. The Labute approximate surface area is 351 Å². The van der Waals surface area contributed by atoms with Gasteiger partial charge >= 0.3 is 5.97 Å². The molecule has 4 aliphatic rings. The molecule has 2 aromatic carbocycles. The average Bonchev–Trinajstić information content (AvgIpc) is 3.90. The van der Waals surface area contributed by atoms with Crippen molar-refractivity contribution in [2.75, 3.05) is 11.9 Å². The Kier molecular flexibility index (Phi) is 9.78. The number of sulfone groups is 1. The molecule has 1 fully saturated rings. The first-order chi connectivity index (χ1) is 29.0. The number of nitrogens with one attached hydrogen (secondary N) is 3. The van der Waals surface area contributed by atoms with Crippen molar-refractivity contribution >= 4 is 71.7 Å². The van der Waals surface area contributed by atoms with E-state index in [1.165, 1.54) is 11.5 Å². The van der Waals surface area contributed by atoms with Gasteiger partial charge in [-0.2, -0.15) is 0 Å². The predicted octanol–water partition coefficient (Wildman–Crippen LogP) is 3.53. The van der Waals surface area contributed by atoms with E-state index in [9.17, 15) is 37.5 Å². The van der Waals surface area contributed by atoms with Gasteiger partial charge in [-0.3, -0.25) is 19.2 Å². The molecule has 3 atom stereocenters. The number of amides is 3. The summed E-state index contributed by atoms with van der Waals surface area (Å²) < 4.78 is 54.8. The number of esters is 1. The highest BCUT2D eigenvalue weighted by atomic mass is 32.2. The van der Waals surface area contributed by atoms with Crippen LogP contribution in [-0.4, -0.2) is 75.7 Å². The van der Waals surface area contributed by atoms with Crippen LogP contribution in [0.3, 0.4) is 0 Å². The number of rotatable bonds is 11. The number of benzene rings is 2. The Hall–Kier alpha value is -5.79. The predicted molar refractivity (Wildman–Crippen MR) is 220 cm³/mol. The maximum absolute atomic E-state index is 16.0. The van der Waals surface area contributed by atoms with Gasteiger partial charge in [0.1, 0.15) is 24.4 Å². The van der Waals surface area contributed by atoms with Crippen LogP contribution in [0.25, 0.3) is 32.5 Å². The second-order valence-corrected chi connectivity index (χ2v) is 19.7. The summed E-state index contributed by atoms with van der Waals surface area (Å²) in [5, 5.41) is 19.3. The zero-order valence-electron chi connectivity index (χ0n) is 33.5. The molecule has 0 unspecified atom stereocenters. The van der Waals surface area contributed by atoms with Crippen molar-refractivity contribution in [2.45, 2.75) is 100 Å². The number of aliphatic hydroxyl groups is 1. The summed E-state index contributed by atoms with van der Waals surface area (Å²) in [6.45, 7) is 6.47. The highest BCUT2D eigenvalue weighted by molar-refractivity contribution is 7.94. The molecule has 5 aromatic rings. The summed E-state index contributed by atoms with van der Waals surface area (Å²) in [6.07, 6.45) is 1.51. The van der Waals surface area contributed by atoms with Gasteiger partial charge in [0.05, 0.1) is 57.5 Å². The van der Waals surface area contributed by atoms with E-state index in [2.05, 4.69) is 20.9 Å². The number of halogens is 1. The molecule has 3 aliphatic heterocycles. The van der Waals surface area contributed by atoms with E-state index in [-0.39, 0.29) is 76.2 Å². The largest absolute Gasteiger partial charge is 0.490 e. The van der Waals surface area contributed by atoms with Crippen LogP contribution in [0.15, 0.2) is 39.5 Å². The Morgan fingerprint density at radius 3 is 2.51 bits per heavy atom. The minimum absolute atomic E-state index is 0.0187. The average molecular weight is 873 g/mol. The molecule has 0 spiro atoms. The van der Waals surface area contributed by atoms with E-state index in [4.69, 9.17) is 14.5 Å². The van der Waals surface area contributed by atoms with Gasteiger partial charge in [0, 0.05) is 29.0 Å². The minimum atomic E-state index is -3.46. The maximum atomic E-state index is 16.0. The molecule has 16 nitrogen and oxygen atoms in total. The zero-order valence-corrected chi connectivity index (χ0v) is 35.1. The molecule has 4 N–H and O–H groups in total. The smallest absolute Gasteiger partial charge is 0.343 e. The Balaban J connectivity index is 0.915. The number of pyridine rings is 2. The van der Waals surface area contributed by atoms with Crippen LogP contribution in [-0.2, 0) is 65.3 Å². The molecule has 1 saturated carbocycles. The highest BCUT2D eigenvalue weighted by Gasteiger charge is 2.46. The number of carbonyl (C=O) groups excluding carboxylic acids is 4. The number of carbonyl (C=O) groups is 4. The first-order valence-corrected chi connectivity index (χ1v) is 22.4. The Morgan fingerprint density at radius 2 is 1.79 bits per heavy atom. The quantitative estimate of drug-likeness (QED) is 0.137. The lowest BCUT2D eigenvalue weighted by molar-refractivity contribution is -0.172. The number of aromatic nitrogens is 3. The summed E-state index contributed by atoms with van der Waals surface area (Å²) in [5.74, 6) is -3.90. The van der Waals surface area contributed by atoms with E-state index < -0.39 is 62.6 Å². The normalized spacial score (nSPS) is 18.8. The van der Waals surface area contributed by atoms with Crippen LogP contribution in [0.4, 0.5) is 10.1 Å². The number of fused-ring (bicyclic) bond motifs is 6. The molecule has 0 saturated heterocycles. The van der Waals surface area contributed by atoms with Crippen molar-refractivity contribution in [2.24, 2.45) is 5.92 Å². The summed E-state index contributed by atoms with van der Waals surface area (Å²) in [4.78, 5) is 75.7. The SMILES string of the molecule is CC[C@@]1(O)C(=O)OCc2c1cc1n(c2=O)Cc2c-1nc1cc(F)c(NC(=O)[C@H](C)NC(=O)[C@@H](NC(=O)Cc3ccc4nc(S(=O)(=O)C5CC5)sc4c3)C(C)C)c3c1c2CCO3. The third-order valence-electron chi connectivity index (χ3n) is 11.9. The van der Waals surface area contributed by atoms with Crippen LogP contribution in [0, 0.1) is 11.7 Å². The molecule has 0 radical (unpaired) electrons. The van der Waals surface area contributed by atoms with E-state index >= 15 is 4.39 Å². The molecule has 6 heterocycles. The van der Waals surface area contributed by atoms with Crippen molar-refractivity contribution in [3.8, 4) is 17.1 Å². The van der Waals surface area contributed by atoms with Gasteiger partial charge in [0.25, 0.3) is 5.56 Å². The lowest BCUT2D eigenvalue weighted by atomic mass is 9.86. The second kappa shape index (κ2) is 14.7. The van der Waals surface area contributed by atoms with Gasteiger partial charge in [-0.15, -0.1) is 11.3 Å². The van der Waals surface area contributed by atoms with Crippen molar-refractivity contribution in [1.29, 1.82) is 0 Å². The number of hydrogen-bond acceptors (Lipinski definition) is 13. The fraction of sp³-hybridized carbons (Fsp3) is 0.405. The van der Waals surface area contributed by atoms with Crippen LogP contribution >= 0.6 is 11.3 Å². The maximum Gasteiger partial charge on any atom is 0.343 e. The van der Waals surface area contributed by atoms with Crippen molar-refractivity contribution in [3.63, 3.8) is 0 Å². The Bertz CT molecular complexity index is 2940. The fourth-order valence-corrected chi connectivity index (χ4v) is 11.5. The summed E-state index contributed by atoms with van der Waals surface area (Å²) >= 11 is 1.06. The zero-order chi connectivity index (χ0) is 43.3. The summed E-state index contributed by atoms with van der Waals surface area (Å²) in [5.41, 5.74) is 1.17. The number of thiazole rings is 1. The van der Waals surface area contributed by atoms with Crippen LogP contribution < -0.4 is 26.2 Å². The van der Waals surface area contributed by atoms with Crippen molar-refractivity contribution in [3.05, 3.63) is 74.3 Å². The second-order valence-electron chi connectivity index (χ2n) is 16.3. The molecular weight excluding hydrogens is 832 g/mol. The standard InChI is InChI=1S/C42H41FN6O10S2/c1-5-42(55)25-14-29-34-23(16-49(29)39(53)24(25)17-59-40(42)54)22-10-11-58-36-32(22)28(45-34)15-26(43)35(36)48-37(51)19(4)44-38(52)33(18(2)3)47-31(50)13-20-6-9-27-30(12-20)60-41(46-27)61(56,57)21-7-8-21/h6,9,12,14-15,18-19,21,33,55H,5,7-8,10-11,13,16-17H2,1-4H3,(H,44,52)(H,47,50)(H,48,51)/t19-,33-,42-/m0/s1. The molecule has 318 valence electrons. The van der Waals surface area contributed by atoms with E-state index in [1.807, 2.05) is 0 Å². The monoisotopic (exact) mass is 872 g/mol. The van der Waals surface area contributed by atoms with Crippen LogP contribution in [0.2, 0.25) is 0 Å². The Morgan fingerprint density at radius 1 is 1.02 bits per heavy atom. The van der Waals surface area contributed by atoms with Gasteiger partial charge < -0.3 is 35.1 Å².